The topological polar surface area (TPSA) is 50.2 Å². The molecule has 36 heavy (non-hydrogen) atoms. The average Bonchev–Trinajstić information content (AvgIpc) is 3.27. The summed E-state index contributed by atoms with van der Waals surface area (Å²) in [7, 11) is 1.99. The largest absolute Gasteiger partial charge is 0.416 e. The summed E-state index contributed by atoms with van der Waals surface area (Å²) in [5.74, 6) is 0.715. The Hall–Kier alpha value is -3.91. The monoisotopic (exact) mass is 490 g/mol. The predicted octanol–water partition coefficient (Wildman–Crippen LogP) is 5.92. The van der Waals surface area contributed by atoms with E-state index < -0.39 is 11.7 Å². The lowest BCUT2D eigenvalue weighted by Gasteiger charge is -2.28. The van der Waals surface area contributed by atoms with Crippen molar-refractivity contribution in [3.05, 3.63) is 107 Å². The van der Waals surface area contributed by atoms with Crippen molar-refractivity contribution in [3.8, 4) is 11.1 Å². The van der Waals surface area contributed by atoms with E-state index in [0.717, 1.165) is 44.0 Å². The molecule has 1 N–H and O–H groups in total. The number of benzene rings is 3. The highest BCUT2D eigenvalue weighted by molar-refractivity contribution is 6.08. The van der Waals surface area contributed by atoms with E-state index in [2.05, 4.69) is 15.2 Å². The molecule has 5 rings (SSSR count). The second-order valence-corrected chi connectivity index (χ2v) is 8.97. The average molecular weight is 491 g/mol. The molecule has 1 aromatic heterocycles. The van der Waals surface area contributed by atoms with E-state index in [0.29, 0.717) is 22.4 Å². The van der Waals surface area contributed by atoms with Gasteiger partial charge in [0, 0.05) is 43.8 Å². The van der Waals surface area contributed by atoms with Gasteiger partial charge < -0.3 is 9.88 Å². The smallest absolute Gasteiger partial charge is 0.337 e. The van der Waals surface area contributed by atoms with Crippen molar-refractivity contribution in [1.82, 2.24) is 14.5 Å². The number of aromatic nitrogens is 2. The Morgan fingerprint density at radius 1 is 1.03 bits per heavy atom. The molecule has 0 radical (unpaired) electrons. The van der Waals surface area contributed by atoms with E-state index in [1.807, 2.05) is 36.0 Å². The molecule has 2 heterocycles. The minimum absolute atomic E-state index is 0.308. The molecule has 0 bridgehead atoms. The number of anilines is 1. The highest BCUT2D eigenvalue weighted by Crippen LogP contribution is 2.32. The van der Waals surface area contributed by atoms with Gasteiger partial charge in [0.1, 0.15) is 5.82 Å². The Balaban J connectivity index is 1.31. The van der Waals surface area contributed by atoms with Gasteiger partial charge in [-0.2, -0.15) is 13.2 Å². The molecule has 184 valence electrons. The number of halogens is 3. The summed E-state index contributed by atoms with van der Waals surface area (Å²) < 4.78 is 40.9. The van der Waals surface area contributed by atoms with Crippen molar-refractivity contribution < 1.29 is 18.0 Å². The van der Waals surface area contributed by atoms with Gasteiger partial charge in [-0.1, -0.05) is 36.4 Å². The molecular formula is C28H25F3N4O. The van der Waals surface area contributed by atoms with Gasteiger partial charge in [-0.3, -0.25) is 9.69 Å². The van der Waals surface area contributed by atoms with Gasteiger partial charge in [-0.15, -0.1) is 0 Å². The SMILES string of the molecule is Cn1ccnc1CN1CCc2cc(NC(=O)c3ccccc3-c3ccc(C(F)(F)F)cc3)ccc2C1. The second kappa shape index (κ2) is 9.62. The Morgan fingerprint density at radius 2 is 1.81 bits per heavy atom. The van der Waals surface area contributed by atoms with Crippen LogP contribution in [0.1, 0.15) is 32.9 Å². The van der Waals surface area contributed by atoms with E-state index in [4.69, 9.17) is 0 Å². The Bertz CT molecular complexity index is 1390. The lowest BCUT2D eigenvalue weighted by atomic mass is 9.97. The molecule has 5 nitrogen and oxygen atoms in total. The number of hydrogen-bond donors (Lipinski definition) is 1. The summed E-state index contributed by atoms with van der Waals surface area (Å²) in [4.78, 5) is 19.9. The van der Waals surface area contributed by atoms with Crippen molar-refractivity contribution in [2.45, 2.75) is 25.7 Å². The second-order valence-electron chi connectivity index (χ2n) is 8.97. The fraction of sp³-hybridized carbons (Fsp3) is 0.214. The molecular weight excluding hydrogens is 465 g/mol. The van der Waals surface area contributed by atoms with Gasteiger partial charge in [0.15, 0.2) is 0 Å². The van der Waals surface area contributed by atoms with Crippen LogP contribution in [-0.4, -0.2) is 26.9 Å². The van der Waals surface area contributed by atoms with Crippen molar-refractivity contribution >= 4 is 11.6 Å². The normalized spacial score (nSPS) is 13.9. The zero-order valence-electron chi connectivity index (χ0n) is 19.7. The third kappa shape index (κ3) is 5.04. The van der Waals surface area contributed by atoms with Gasteiger partial charge in [0.25, 0.3) is 5.91 Å². The zero-order valence-corrected chi connectivity index (χ0v) is 19.7. The van der Waals surface area contributed by atoms with Crippen molar-refractivity contribution in [1.29, 1.82) is 0 Å². The number of imidazole rings is 1. The summed E-state index contributed by atoms with van der Waals surface area (Å²) in [6.45, 7) is 2.49. The standard InChI is InChI=1S/C28H25F3N4O/c1-34-15-13-32-26(34)18-35-14-12-20-16-23(11-8-21(20)17-35)33-27(36)25-5-3-2-4-24(25)19-6-9-22(10-7-19)28(29,30)31/h2-11,13,15-16H,12,14,17-18H2,1H3,(H,33,36). The van der Waals surface area contributed by atoms with Crippen LogP contribution in [0.5, 0.6) is 0 Å². The summed E-state index contributed by atoms with van der Waals surface area (Å²) in [6, 6.07) is 17.7. The molecule has 0 aliphatic carbocycles. The lowest BCUT2D eigenvalue weighted by Crippen LogP contribution is -2.31. The maximum Gasteiger partial charge on any atom is 0.416 e. The highest BCUT2D eigenvalue weighted by atomic mass is 19.4. The first-order valence-electron chi connectivity index (χ1n) is 11.7. The van der Waals surface area contributed by atoms with E-state index in [1.165, 1.54) is 23.3 Å². The fourth-order valence-electron chi connectivity index (χ4n) is 4.54. The highest BCUT2D eigenvalue weighted by Gasteiger charge is 2.30. The van der Waals surface area contributed by atoms with Crippen LogP contribution >= 0.6 is 0 Å². The van der Waals surface area contributed by atoms with Crippen molar-refractivity contribution in [3.63, 3.8) is 0 Å². The predicted molar refractivity (Wildman–Crippen MR) is 132 cm³/mol. The number of fused-ring (bicyclic) bond motifs is 1. The van der Waals surface area contributed by atoms with Crippen LogP contribution in [0.15, 0.2) is 79.1 Å². The van der Waals surface area contributed by atoms with Crippen LogP contribution in [0.4, 0.5) is 18.9 Å². The van der Waals surface area contributed by atoms with Crippen LogP contribution in [0.25, 0.3) is 11.1 Å². The minimum atomic E-state index is -4.41. The summed E-state index contributed by atoms with van der Waals surface area (Å²) in [5.41, 5.74) is 3.91. The molecule has 1 aliphatic heterocycles. The number of alkyl halides is 3. The summed E-state index contributed by atoms with van der Waals surface area (Å²) >= 11 is 0. The van der Waals surface area contributed by atoms with Gasteiger partial charge in [0.05, 0.1) is 12.1 Å². The van der Waals surface area contributed by atoms with Gasteiger partial charge in [0.2, 0.25) is 0 Å². The van der Waals surface area contributed by atoms with Crippen molar-refractivity contribution in [2.24, 2.45) is 7.05 Å². The van der Waals surface area contributed by atoms with Crippen LogP contribution in [0.2, 0.25) is 0 Å². The van der Waals surface area contributed by atoms with Crippen LogP contribution in [-0.2, 0) is 32.7 Å². The molecule has 0 fully saturated rings. The molecule has 8 heteroatoms. The third-order valence-electron chi connectivity index (χ3n) is 6.54. The molecule has 1 amide bonds. The summed E-state index contributed by atoms with van der Waals surface area (Å²) in [6.07, 6.45) is 0.207. The maximum absolute atomic E-state index is 13.2. The molecule has 3 aromatic carbocycles. The van der Waals surface area contributed by atoms with Crippen molar-refractivity contribution in [2.75, 3.05) is 11.9 Å². The Kier molecular flexibility index (Phi) is 6.36. The van der Waals surface area contributed by atoms with Gasteiger partial charge in [-0.25, -0.2) is 4.98 Å². The van der Waals surface area contributed by atoms with Crippen LogP contribution < -0.4 is 5.32 Å². The number of nitrogens with one attached hydrogen (secondary N) is 1. The molecule has 0 atom stereocenters. The van der Waals surface area contributed by atoms with E-state index in [1.54, 1.807) is 30.5 Å². The van der Waals surface area contributed by atoms with E-state index in [-0.39, 0.29) is 5.91 Å². The molecule has 4 aromatic rings. The number of nitrogens with zero attached hydrogens (tertiary/aromatic N) is 3. The van der Waals surface area contributed by atoms with Crippen LogP contribution in [0, 0.1) is 0 Å². The van der Waals surface area contributed by atoms with Gasteiger partial charge in [-0.05, 0) is 59.0 Å². The summed E-state index contributed by atoms with van der Waals surface area (Å²) in [5, 5.41) is 2.96. The minimum Gasteiger partial charge on any atom is -0.337 e. The first-order chi connectivity index (χ1) is 17.3. The number of hydrogen-bond acceptors (Lipinski definition) is 3. The Morgan fingerprint density at radius 3 is 2.53 bits per heavy atom. The van der Waals surface area contributed by atoms with E-state index in [9.17, 15) is 18.0 Å². The lowest BCUT2D eigenvalue weighted by molar-refractivity contribution is -0.137. The number of rotatable bonds is 5. The number of amides is 1. The molecule has 0 spiro atoms. The first kappa shape index (κ1) is 23.8. The van der Waals surface area contributed by atoms with Crippen LogP contribution in [0.3, 0.4) is 0 Å². The van der Waals surface area contributed by atoms with E-state index >= 15 is 0 Å². The van der Waals surface area contributed by atoms with Gasteiger partial charge >= 0.3 is 6.18 Å². The molecule has 0 unspecified atom stereocenters. The fourth-order valence-corrected chi connectivity index (χ4v) is 4.54. The number of carbonyl (C=O) groups excluding carboxylic acids is 1. The molecule has 0 saturated carbocycles. The molecule has 0 saturated heterocycles. The maximum atomic E-state index is 13.2. The number of carbonyl (C=O) groups is 1. The number of aryl methyl sites for hydroxylation is 1. The Labute approximate surface area is 207 Å². The first-order valence-corrected chi connectivity index (χ1v) is 11.7. The third-order valence-corrected chi connectivity index (χ3v) is 6.54. The quantitative estimate of drug-likeness (QED) is 0.378. The zero-order chi connectivity index (χ0) is 25.3. The molecule has 1 aliphatic rings.